The average Bonchev–Trinajstić information content (AvgIpc) is 3.21. The van der Waals surface area contributed by atoms with Gasteiger partial charge in [0, 0.05) is 12.5 Å². The quantitative estimate of drug-likeness (QED) is 0.771. The van der Waals surface area contributed by atoms with Crippen molar-refractivity contribution >= 4 is 17.7 Å². The molecule has 132 valence electrons. The Morgan fingerprint density at radius 2 is 2.04 bits per heavy atom. The number of carbonyl (C=O) groups is 2. The van der Waals surface area contributed by atoms with Crippen LogP contribution in [-0.4, -0.2) is 19.0 Å². The van der Waals surface area contributed by atoms with Gasteiger partial charge in [-0.3, -0.25) is 4.79 Å². The Hall–Kier alpha value is -2.10. The number of carbonyl (C=O) groups excluding carboxylic acids is 2. The lowest BCUT2D eigenvalue weighted by Crippen LogP contribution is -2.11. The molecule has 25 heavy (non-hydrogen) atoms. The third kappa shape index (κ3) is 2.68. The molecule has 0 aromatic heterocycles. The second-order valence-electron chi connectivity index (χ2n) is 7.57. The van der Waals surface area contributed by atoms with Crippen LogP contribution in [0.4, 0.5) is 0 Å². The van der Waals surface area contributed by atoms with E-state index >= 15 is 0 Å². The lowest BCUT2D eigenvalue weighted by molar-refractivity contribution is -0.134. The highest BCUT2D eigenvalue weighted by atomic mass is 16.5. The molecule has 0 N–H and O–H groups in total. The number of fused-ring (bicyclic) bond motifs is 2. The fraction of sp³-hybridized carbons (Fsp3) is 0.524. The maximum Gasteiger partial charge on any atom is 0.337 e. The molecular formula is C21H24O4. The van der Waals surface area contributed by atoms with Crippen molar-refractivity contribution in [3.63, 3.8) is 0 Å². The molecule has 0 aliphatic heterocycles. The van der Waals surface area contributed by atoms with Crippen LogP contribution in [0.1, 0.15) is 66.9 Å². The van der Waals surface area contributed by atoms with E-state index in [1.54, 1.807) is 6.07 Å². The number of methoxy groups -OCH3 is 1. The molecule has 4 nitrogen and oxygen atoms in total. The van der Waals surface area contributed by atoms with E-state index in [4.69, 9.17) is 9.47 Å². The summed E-state index contributed by atoms with van der Waals surface area (Å²) < 4.78 is 10.6. The largest absolute Gasteiger partial charge is 0.465 e. The van der Waals surface area contributed by atoms with Crippen molar-refractivity contribution in [2.24, 2.45) is 11.3 Å². The normalized spacial score (nSPS) is 27.2. The van der Waals surface area contributed by atoms with Crippen LogP contribution in [-0.2, 0) is 20.7 Å². The van der Waals surface area contributed by atoms with Crippen LogP contribution in [0.25, 0.3) is 5.76 Å². The summed E-state index contributed by atoms with van der Waals surface area (Å²) in [4.78, 5) is 23.7. The zero-order valence-electron chi connectivity index (χ0n) is 14.9. The first-order chi connectivity index (χ1) is 12.0. The second-order valence-corrected chi connectivity index (χ2v) is 7.57. The Morgan fingerprint density at radius 1 is 1.20 bits per heavy atom. The Labute approximate surface area is 148 Å². The van der Waals surface area contributed by atoms with Gasteiger partial charge in [0.2, 0.25) is 0 Å². The van der Waals surface area contributed by atoms with E-state index in [9.17, 15) is 9.59 Å². The first kappa shape index (κ1) is 16.4. The highest BCUT2D eigenvalue weighted by Gasteiger charge is 2.59. The first-order valence-corrected chi connectivity index (χ1v) is 9.19. The number of ether oxygens (including phenoxy) is 2. The molecule has 3 aliphatic rings. The van der Waals surface area contributed by atoms with Crippen molar-refractivity contribution in [2.75, 3.05) is 7.11 Å². The van der Waals surface area contributed by atoms with Crippen LogP contribution in [0.5, 0.6) is 0 Å². The summed E-state index contributed by atoms with van der Waals surface area (Å²) in [6, 6.07) is 5.59. The second kappa shape index (κ2) is 6.01. The van der Waals surface area contributed by atoms with E-state index in [1.807, 2.05) is 12.1 Å². The molecule has 0 saturated heterocycles. The van der Waals surface area contributed by atoms with Crippen LogP contribution in [0.15, 0.2) is 23.8 Å². The van der Waals surface area contributed by atoms with Crippen LogP contribution in [0.3, 0.4) is 0 Å². The summed E-state index contributed by atoms with van der Waals surface area (Å²) in [5.41, 5.74) is 4.21. The van der Waals surface area contributed by atoms with Gasteiger partial charge in [0.25, 0.3) is 0 Å². The molecular weight excluding hydrogens is 316 g/mol. The molecule has 0 spiro atoms. The predicted octanol–water partition coefficient (Wildman–Crippen LogP) is 4.27. The summed E-state index contributed by atoms with van der Waals surface area (Å²) in [5.74, 6) is 0.927. The van der Waals surface area contributed by atoms with Crippen molar-refractivity contribution in [1.29, 1.82) is 0 Å². The number of hydrogen-bond acceptors (Lipinski definition) is 4. The lowest BCUT2D eigenvalue weighted by Gasteiger charge is -2.21. The topological polar surface area (TPSA) is 52.6 Å². The fourth-order valence-corrected chi connectivity index (χ4v) is 4.98. The van der Waals surface area contributed by atoms with E-state index in [2.05, 4.69) is 0 Å². The van der Waals surface area contributed by atoms with Crippen molar-refractivity contribution in [3.8, 4) is 0 Å². The molecule has 2 saturated carbocycles. The van der Waals surface area contributed by atoms with Gasteiger partial charge >= 0.3 is 11.9 Å². The van der Waals surface area contributed by atoms with E-state index in [1.165, 1.54) is 45.3 Å². The van der Waals surface area contributed by atoms with Gasteiger partial charge in [-0.05, 0) is 73.1 Å². The maximum atomic E-state index is 11.9. The summed E-state index contributed by atoms with van der Waals surface area (Å²) >= 11 is 0. The van der Waals surface area contributed by atoms with Gasteiger partial charge in [-0.2, -0.15) is 0 Å². The molecule has 1 aromatic rings. The smallest absolute Gasteiger partial charge is 0.337 e. The molecule has 2 unspecified atom stereocenters. The highest BCUT2D eigenvalue weighted by molar-refractivity contribution is 5.90. The van der Waals surface area contributed by atoms with Gasteiger partial charge in [0.05, 0.1) is 12.7 Å². The maximum absolute atomic E-state index is 11.9. The van der Waals surface area contributed by atoms with Gasteiger partial charge in [-0.25, -0.2) is 4.79 Å². The molecule has 0 heterocycles. The number of esters is 2. The number of aryl methyl sites for hydroxylation is 1. The van der Waals surface area contributed by atoms with Crippen LogP contribution in [0.2, 0.25) is 0 Å². The monoisotopic (exact) mass is 340 g/mol. The highest BCUT2D eigenvalue weighted by Crippen LogP contribution is 2.69. The Balaban J connectivity index is 1.82. The lowest BCUT2D eigenvalue weighted by atomic mass is 9.88. The SMILES string of the molecule is COC(=O)c1ccc2c(c1)CCCC(C13CCCC1C3)=C2OC(C)=O. The Bertz CT molecular complexity index is 776. The molecule has 3 aliphatic carbocycles. The molecule has 0 bridgehead atoms. The zero-order valence-corrected chi connectivity index (χ0v) is 14.9. The minimum absolute atomic E-state index is 0.271. The van der Waals surface area contributed by atoms with Crippen molar-refractivity contribution in [3.05, 3.63) is 40.5 Å². The number of allylic oxidation sites excluding steroid dienone is 1. The Kier molecular flexibility index (Phi) is 3.94. The predicted molar refractivity (Wildman–Crippen MR) is 93.8 cm³/mol. The third-order valence-corrected chi connectivity index (χ3v) is 6.17. The summed E-state index contributed by atoms with van der Waals surface area (Å²) in [7, 11) is 1.39. The van der Waals surface area contributed by atoms with Crippen molar-refractivity contribution in [1.82, 2.24) is 0 Å². The standard InChI is InChI=1S/C21H24O4/c1-13(22)25-19-17-9-8-15(20(23)24-2)11-14(17)5-3-7-18(19)21-10-4-6-16(21)12-21/h8-9,11,16H,3-7,10,12H2,1-2H3. The molecule has 0 amide bonds. The zero-order chi connectivity index (χ0) is 17.6. The van der Waals surface area contributed by atoms with E-state index in [0.29, 0.717) is 5.56 Å². The van der Waals surface area contributed by atoms with Crippen molar-refractivity contribution in [2.45, 2.75) is 51.9 Å². The molecule has 0 radical (unpaired) electrons. The summed E-state index contributed by atoms with van der Waals surface area (Å²) in [6.45, 7) is 1.47. The van der Waals surface area contributed by atoms with E-state index < -0.39 is 0 Å². The third-order valence-electron chi connectivity index (χ3n) is 6.17. The molecule has 4 heteroatoms. The van der Waals surface area contributed by atoms with Crippen LogP contribution in [0, 0.1) is 11.3 Å². The van der Waals surface area contributed by atoms with E-state index in [-0.39, 0.29) is 17.4 Å². The first-order valence-electron chi connectivity index (χ1n) is 9.19. The van der Waals surface area contributed by atoms with Gasteiger partial charge in [0.15, 0.2) is 0 Å². The molecule has 2 atom stereocenters. The fourth-order valence-electron chi connectivity index (χ4n) is 4.98. The number of hydrogen-bond donors (Lipinski definition) is 0. The summed E-state index contributed by atoms with van der Waals surface area (Å²) in [5, 5.41) is 0. The molecule has 4 rings (SSSR count). The van der Waals surface area contributed by atoms with E-state index in [0.717, 1.165) is 42.1 Å². The average molecular weight is 340 g/mol. The van der Waals surface area contributed by atoms with Crippen LogP contribution >= 0.6 is 0 Å². The van der Waals surface area contributed by atoms with Gasteiger partial charge in [-0.15, -0.1) is 0 Å². The van der Waals surface area contributed by atoms with Gasteiger partial charge < -0.3 is 9.47 Å². The minimum atomic E-state index is -0.332. The Morgan fingerprint density at radius 3 is 2.68 bits per heavy atom. The summed E-state index contributed by atoms with van der Waals surface area (Å²) in [6.07, 6.45) is 7.90. The van der Waals surface area contributed by atoms with Crippen molar-refractivity contribution < 1.29 is 19.1 Å². The number of benzene rings is 1. The molecule has 2 fully saturated rings. The number of rotatable bonds is 3. The van der Waals surface area contributed by atoms with Gasteiger partial charge in [0.1, 0.15) is 5.76 Å². The molecule has 1 aromatic carbocycles. The van der Waals surface area contributed by atoms with Gasteiger partial charge in [-0.1, -0.05) is 12.5 Å². The van der Waals surface area contributed by atoms with Crippen LogP contribution < -0.4 is 0 Å². The minimum Gasteiger partial charge on any atom is -0.465 e.